The molecule has 0 spiro atoms. The van der Waals surface area contributed by atoms with Crippen molar-refractivity contribution in [1.29, 1.82) is 0 Å². The Morgan fingerprint density at radius 3 is 2.81 bits per heavy atom. The van der Waals surface area contributed by atoms with Gasteiger partial charge in [-0.05, 0) is 73.5 Å². The van der Waals surface area contributed by atoms with Crippen LogP contribution in [0.1, 0.15) is 62.7 Å². The SMILES string of the molecule is CC1(C)C2CC(NC(=O)c3csc4ccc(O)cc34)C(C/C=C\CCCC(=O)O)C1C2. The monoisotopic (exact) mass is 441 g/mol. The maximum atomic E-state index is 13.1. The summed E-state index contributed by atoms with van der Waals surface area (Å²) in [6.07, 6.45) is 9.04. The van der Waals surface area contributed by atoms with Gasteiger partial charge in [0.2, 0.25) is 0 Å². The third-order valence-electron chi connectivity index (χ3n) is 7.57. The van der Waals surface area contributed by atoms with Gasteiger partial charge in [0.15, 0.2) is 0 Å². The largest absolute Gasteiger partial charge is 0.508 e. The van der Waals surface area contributed by atoms with Crippen LogP contribution in [0, 0.1) is 23.2 Å². The van der Waals surface area contributed by atoms with Crippen LogP contribution >= 0.6 is 11.3 Å². The second-order valence-electron chi connectivity index (χ2n) is 9.66. The van der Waals surface area contributed by atoms with Crippen molar-refractivity contribution in [1.82, 2.24) is 5.32 Å². The number of hydrogen-bond acceptors (Lipinski definition) is 4. The normalized spacial score (nSPS) is 26.6. The molecule has 0 radical (unpaired) electrons. The molecule has 5 nitrogen and oxygen atoms in total. The number of nitrogens with one attached hydrogen (secondary N) is 1. The van der Waals surface area contributed by atoms with Crippen molar-refractivity contribution in [3.63, 3.8) is 0 Å². The van der Waals surface area contributed by atoms with Crippen LogP contribution in [0.2, 0.25) is 0 Å². The molecular weight excluding hydrogens is 410 g/mol. The number of carboxylic acid groups (broad SMARTS) is 1. The molecule has 3 aliphatic rings. The van der Waals surface area contributed by atoms with Gasteiger partial charge in [-0.15, -0.1) is 11.3 Å². The van der Waals surface area contributed by atoms with E-state index in [9.17, 15) is 14.7 Å². The Kier molecular flexibility index (Phi) is 6.11. The van der Waals surface area contributed by atoms with Crippen LogP contribution in [0.25, 0.3) is 10.1 Å². The number of allylic oxidation sites excluding steroid dienone is 2. The minimum absolute atomic E-state index is 0.0589. The first-order valence-corrected chi connectivity index (χ1v) is 12.0. The second kappa shape index (κ2) is 8.65. The minimum Gasteiger partial charge on any atom is -0.508 e. The van der Waals surface area contributed by atoms with Crippen LogP contribution < -0.4 is 5.32 Å². The van der Waals surface area contributed by atoms with Gasteiger partial charge in [-0.3, -0.25) is 9.59 Å². The molecule has 5 rings (SSSR count). The van der Waals surface area contributed by atoms with Crippen LogP contribution in [0.3, 0.4) is 0 Å². The summed E-state index contributed by atoms with van der Waals surface area (Å²) < 4.78 is 0.997. The second-order valence-corrected chi connectivity index (χ2v) is 10.6. The topological polar surface area (TPSA) is 86.6 Å². The lowest BCUT2D eigenvalue weighted by Gasteiger charge is -2.62. The number of phenolic OH excluding ortho intramolecular Hbond substituents is 1. The highest BCUT2D eigenvalue weighted by atomic mass is 32.1. The predicted molar refractivity (Wildman–Crippen MR) is 123 cm³/mol. The molecule has 4 unspecified atom stereocenters. The van der Waals surface area contributed by atoms with Crippen LogP contribution in [-0.2, 0) is 4.79 Å². The number of carbonyl (C=O) groups excluding carboxylic acids is 1. The van der Waals surface area contributed by atoms with E-state index in [1.165, 1.54) is 17.8 Å². The van der Waals surface area contributed by atoms with Gasteiger partial charge < -0.3 is 15.5 Å². The van der Waals surface area contributed by atoms with E-state index in [1.54, 1.807) is 12.1 Å². The molecule has 0 aliphatic heterocycles. The highest BCUT2D eigenvalue weighted by Crippen LogP contribution is 2.62. The average molecular weight is 442 g/mol. The van der Waals surface area contributed by atoms with Gasteiger partial charge in [-0.2, -0.15) is 0 Å². The molecule has 2 aromatic rings. The maximum absolute atomic E-state index is 13.1. The number of rotatable bonds is 8. The van der Waals surface area contributed by atoms with Gasteiger partial charge in [-0.1, -0.05) is 26.0 Å². The van der Waals surface area contributed by atoms with E-state index in [0.29, 0.717) is 35.2 Å². The number of carboxylic acids is 1. The van der Waals surface area contributed by atoms with Crippen molar-refractivity contribution in [2.24, 2.45) is 23.2 Å². The highest BCUT2D eigenvalue weighted by Gasteiger charge is 2.57. The Morgan fingerprint density at radius 1 is 1.26 bits per heavy atom. The van der Waals surface area contributed by atoms with Crippen LogP contribution in [-0.4, -0.2) is 28.1 Å². The number of hydrogen-bond donors (Lipinski definition) is 3. The smallest absolute Gasteiger partial charge is 0.303 e. The van der Waals surface area contributed by atoms with Gasteiger partial charge in [0.25, 0.3) is 5.91 Å². The van der Waals surface area contributed by atoms with Gasteiger partial charge in [-0.25, -0.2) is 0 Å². The Morgan fingerprint density at radius 2 is 2.06 bits per heavy atom. The standard InChI is InChI=1S/C25H31NO4S/c1-25(2)15-11-20(25)17(7-5-3-4-6-8-23(28)29)21(12-15)26-24(30)19-14-31-22-10-9-16(27)13-18(19)22/h3,5,9-10,13-15,17,20-21,27H,4,6-8,11-12H2,1-2H3,(H,26,30)(H,28,29)/b5-3-. The molecule has 3 aliphatic carbocycles. The molecule has 31 heavy (non-hydrogen) atoms. The van der Waals surface area contributed by atoms with Crippen molar-refractivity contribution in [2.45, 2.75) is 58.4 Å². The minimum atomic E-state index is -0.750. The molecule has 6 heteroatoms. The third kappa shape index (κ3) is 4.36. The zero-order valence-electron chi connectivity index (χ0n) is 18.1. The zero-order chi connectivity index (χ0) is 22.2. The van der Waals surface area contributed by atoms with E-state index < -0.39 is 5.97 Å². The summed E-state index contributed by atoms with van der Waals surface area (Å²) in [7, 11) is 0. The van der Waals surface area contributed by atoms with E-state index in [0.717, 1.165) is 29.3 Å². The van der Waals surface area contributed by atoms with Gasteiger partial charge >= 0.3 is 5.97 Å². The zero-order valence-corrected chi connectivity index (χ0v) is 19.0. The molecule has 4 atom stereocenters. The lowest BCUT2D eigenvalue weighted by Crippen LogP contribution is -2.61. The summed E-state index contributed by atoms with van der Waals surface area (Å²) in [6.45, 7) is 4.70. The summed E-state index contributed by atoms with van der Waals surface area (Å²) in [5.74, 6) is 0.978. The van der Waals surface area contributed by atoms with E-state index >= 15 is 0 Å². The first-order chi connectivity index (χ1) is 14.8. The summed E-state index contributed by atoms with van der Waals surface area (Å²) in [5, 5.41) is 24.6. The summed E-state index contributed by atoms with van der Waals surface area (Å²) in [5.41, 5.74) is 0.946. The van der Waals surface area contributed by atoms with Gasteiger partial charge in [0.1, 0.15) is 5.75 Å². The van der Waals surface area contributed by atoms with E-state index in [1.807, 2.05) is 11.4 Å². The Bertz CT molecular complexity index is 1010. The summed E-state index contributed by atoms with van der Waals surface area (Å²) in [4.78, 5) is 23.8. The van der Waals surface area contributed by atoms with Crippen molar-refractivity contribution in [3.8, 4) is 5.75 Å². The molecule has 1 amide bonds. The molecule has 166 valence electrons. The van der Waals surface area contributed by atoms with Crippen molar-refractivity contribution < 1.29 is 19.8 Å². The summed E-state index contributed by atoms with van der Waals surface area (Å²) >= 11 is 1.52. The number of benzene rings is 1. The lowest BCUT2D eigenvalue weighted by molar-refractivity contribution is -0.137. The maximum Gasteiger partial charge on any atom is 0.303 e. The average Bonchev–Trinajstić information content (AvgIpc) is 3.13. The van der Waals surface area contributed by atoms with E-state index in [2.05, 4.69) is 31.3 Å². The van der Waals surface area contributed by atoms with E-state index in [4.69, 9.17) is 5.11 Å². The number of aliphatic carboxylic acids is 1. The first-order valence-electron chi connectivity index (χ1n) is 11.1. The van der Waals surface area contributed by atoms with Gasteiger partial charge in [0, 0.05) is 27.9 Å². The molecule has 0 saturated heterocycles. The lowest BCUT2D eigenvalue weighted by atomic mass is 9.44. The number of carbonyl (C=O) groups is 2. The molecule has 1 heterocycles. The Labute approximate surface area is 187 Å². The molecular formula is C25H31NO4S. The van der Waals surface area contributed by atoms with Crippen LogP contribution in [0.5, 0.6) is 5.75 Å². The van der Waals surface area contributed by atoms with E-state index in [-0.39, 0.29) is 24.1 Å². The first kappa shape index (κ1) is 21.9. The Balaban J connectivity index is 1.45. The highest BCUT2D eigenvalue weighted by molar-refractivity contribution is 7.17. The molecule has 1 aromatic heterocycles. The number of aromatic hydroxyl groups is 1. The number of amides is 1. The van der Waals surface area contributed by atoms with Crippen LogP contribution in [0.15, 0.2) is 35.7 Å². The molecule has 2 bridgehead atoms. The molecule has 3 fully saturated rings. The number of fused-ring (bicyclic) bond motifs is 3. The van der Waals surface area contributed by atoms with Crippen molar-refractivity contribution in [2.75, 3.05) is 0 Å². The fourth-order valence-electron chi connectivity index (χ4n) is 5.62. The number of thiophene rings is 1. The van der Waals surface area contributed by atoms with Crippen molar-refractivity contribution in [3.05, 3.63) is 41.3 Å². The van der Waals surface area contributed by atoms with Gasteiger partial charge in [0.05, 0.1) is 5.56 Å². The predicted octanol–water partition coefficient (Wildman–Crippen LogP) is 5.59. The summed E-state index contributed by atoms with van der Waals surface area (Å²) in [6, 6.07) is 5.30. The molecule has 3 saturated carbocycles. The number of phenols is 1. The van der Waals surface area contributed by atoms with Crippen molar-refractivity contribution >= 4 is 33.3 Å². The molecule has 3 N–H and O–H groups in total. The molecule has 1 aromatic carbocycles. The van der Waals surface area contributed by atoms with Crippen LogP contribution in [0.4, 0.5) is 0 Å². The number of unbranched alkanes of at least 4 members (excludes halogenated alkanes) is 1. The fourth-order valence-corrected chi connectivity index (χ4v) is 6.54. The quantitative estimate of drug-likeness (QED) is 0.368. The fraction of sp³-hybridized carbons (Fsp3) is 0.520. The Hall–Kier alpha value is -2.34. The third-order valence-corrected chi connectivity index (χ3v) is 8.54.